The van der Waals surface area contributed by atoms with E-state index in [1.807, 2.05) is 6.07 Å². The van der Waals surface area contributed by atoms with Gasteiger partial charge in [0.1, 0.15) is 0 Å². The summed E-state index contributed by atoms with van der Waals surface area (Å²) in [7, 11) is 3.62. The molecule has 3 amide bonds. The van der Waals surface area contributed by atoms with E-state index in [0.29, 0.717) is 56.3 Å². The number of carbonyl (C=O) groups is 4. The highest BCUT2D eigenvalue weighted by atomic mass is 16.5. The fourth-order valence-corrected chi connectivity index (χ4v) is 6.15. The van der Waals surface area contributed by atoms with E-state index in [9.17, 15) is 19.2 Å². The summed E-state index contributed by atoms with van der Waals surface area (Å²) in [5.41, 5.74) is -0.134. The number of likely N-dealkylation sites (N-methyl/N-ethyl adjacent to an activating group) is 1. The normalized spacial score (nSPS) is 23.4. The number of hydrogen-bond donors (Lipinski definition) is 2. The van der Waals surface area contributed by atoms with Crippen LogP contribution in [0.15, 0.2) is 18.2 Å². The van der Waals surface area contributed by atoms with Gasteiger partial charge in [0.15, 0.2) is 18.1 Å². The van der Waals surface area contributed by atoms with Crippen molar-refractivity contribution in [2.24, 2.45) is 11.3 Å². The Bertz CT molecular complexity index is 1180. The minimum Gasteiger partial charge on any atom is -0.493 e. The lowest BCUT2D eigenvalue weighted by Gasteiger charge is -2.32. The summed E-state index contributed by atoms with van der Waals surface area (Å²) in [4.78, 5) is 59.0. The average Bonchev–Trinajstić information content (AvgIpc) is 3.86. The maximum absolute atomic E-state index is 13.6. The average molecular weight is 630 g/mol. The van der Waals surface area contributed by atoms with Crippen LogP contribution in [-0.4, -0.2) is 125 Å². The highest BCUT2D eigenvalue weighted by molar-refractivity contribution is 5.81. The van der Waals surface area contributed by atoms with Crippen molar-refractivity contribution in [3.05, 3.63) is 23.8 Å². The highest BCUT2D eigenvalue weighted by Crippen LogP contribution is 2.43. The maximum atomic E-state index is 13.6. The Morgan fingerprint density at radius 2 is 1.84 bits per heavy atom. The number of ether oxygens (including phenoxy) is 3. The zero-order chi connectivity index (χ0) is 32.2. The lowest BCUT2D eigenvalue weighted by Crippen LogP contribution is -2.47. The van der Waals surface area contributed by atoms with E-state index in [-0.39, 0.29) is 56.4 Å². The molecular weight excluding hydrogens is 578 g/mol. The second-order valence-corrected chi connectivity index (χ2v) is 12.6. The van der Waals surface area contributed by atoms with Gasteiger partial charge in [-0.05, 0) is 76.4 Å². The van der Waals surface area contributed by atoms with Crippen molar-refractivity contribution < 1.29 is 33.4 Å². The van der Waals surface area contributed by atoms with Gasteiger partial charge in [0.25, 0.3) is 5.91 Å². The Hall–Kier alpha value is -3.38. The van der Waals surface area contributed by atoms with Crippen LogP contribution in [0.4, 0.5) is 0 Å². The third-order valence-electron chi connectivity index (χ3n) is 8.90. The number of hydrogen-bond acceptors (Lipinski definition) is 9. The van der Waals surface area contributed by atoms with Gasteiger partial charge in [-0.2, -0.15) is 0 Å². The van der Waals surface area contributed by atoms with Gasteiger partial charge in [0.05, 0.1) is 25.7 Å². The topological polar surface area (TPSA) is 130 Å². The summed E-state index contributed by atoms with van der Waals surface area (Å²) in [5, 5.41) is 5.89. The van der Waals surface area contributed by atoms with Crippen LogP contribution in [0, 0.1) is 11.3 Å². The summed E-state index contributed by atoms with van der Waals surface area (Å²) in [6.07, 6.45) is 4.71. The molecule has 1 atom stereocenters. The molecule has 1 saturated carbocycles. The van der Waals surface area contributed by atoms with E-state index >= 15 is 0 Å². The second-order valence-electron chi connectivity index (χ2n) is 12.6. The monoisotopic (exact) mass is 629 g/mol. The van der Waals surface area contributed by atoms with Gasteiger partial charge in [0.2, 0.25) is 11.8 Å². The van der Waals surface area contributed by atoms with E-state index in [0.717, 1.165) is 51.0 Å². The Balaban J connectivity index is 1.53. The van der Waals surface area contributed by atoms with Gasteiger partial charge in [-0.15, -0.1) is 0 Å². The molecule has 45 heavy (non-hydrogen) atoms. The number of rotatable bonds is 7. The van der Waals surface area contributed by atoms with Crippen molar-refractivity contribution in [1.29, 1.82) is 0 Å². The minimum absolute atomic E-state index is 0.0211. The molecule has 1 unspecified atom stereocenters. The molecular formula is C33H51N5O7. The number of nitrogens with zero attached hydrogens (tertiary/aromatic N) is 3. The van der Waals surface area contributed by atoms with Crippen LogP contribution in [-0.2, 0) is 30.3 Å². The SMILES string of the molecule is CCOC(=O)C1(CC2CC2)CNC(=O)CCCN(C(=O)CN2CCCN(C)CC2)CCNC(=O)COc2cc(ccc2OC)C1. The van der Waals surface area contributed by atoms with E-state index in [1.165, 1.54) is 7.11 Å². The standard InChI is InChI=1S/C33H51N5O7/c1-4-44-32(42)33(20-25-8-9-25)21-26-10-11-27(43-3)28(19-26)45-23-30(40)34-12-16-38(15-5-7-29(39)35-24-33)31(41)22-37-14-6-13-36(2)17-18-37/h10-11,19,25H,4-9,12-18,20-24H2,1-3H3,(H,34,40)(H,35,39). The Morgan fingerprint density at radius 1 is 1.02 bits per heavy atom. The van der Waals surface area contributed by atoms with E-state index in [4.69, 9.17) is 14.2 Å². The number of esters is 1. The lowest BCUT2D eigenvalue weighted by molar-refractivity contribution is -0.156. The molecule has 0 radical (unpaired) electrons. The molecule has 2 fully saturated rings. The van der Waals surface area contributed by atoms with Crippen LogP contribution in [0.5, 0.6) is 11.5 Å². The quantitative estimate of drug-likeness (QED) is 0.431. The zero-order valence-electron chi connectivity index (χ0n) is 27.2. The molecule has 2 bridgehead atoms. The van der Waals surface area contributed by atoms with E-state index in [1.54, 1.807) is 24.0 Å². The third kappa shape index (κ3) is 10.6. The summed E-state index contributed by atoms with van der Waals surface area (Å²) >= 11 is 0. The zero-order valence-corrected chi connectivity index (χ0v) is 27.2. The van der Waals surface area contributed by atoms with E-state index < -0.39 is 5.41 Å². The van der Waals surface area contributed by atoms with Crippen molar-refractivity contribution in [3.8, 4) is 11.5 Å². The maximum Gasteiger partial charge on any atom is 0.314 e. The first-order valence-electron chi connectivity index (χ1n) is 16.4. The van der Waals surface area contributed by atoms with Crippen molar-refractivity contribution >= 4 is 23.7 Å². The highest BCUT2D eigenvalue weighted by Gasteiger charge is 2.45. The molecule has 12 heteroatoms. The lowest BCUT2D eigenvalue weighted by atomic mass is 9.76. The molecule has 0 aromatic heterocycles. The predicted molar refractivity (Wildman–Crippen MR) is 169 cm³/mol. The Labute approximate surface area is 267 Å². The molecule has 1 aromatic rings. The summed E-state index contributed by atoms with van der Waals surface area (Å²) in [6.45, 7) is 6.82. The van der Waals surface area contributed by atoms with Crippen LogP contribution < -0.4 is 20.1 Å². The summed E-state index contributed by atoms with van der Waals surface area (Å²) in [6, 6.07) is 5.43. The van der Waals surface area contributed by atoms with E-state index in [2.05, 4.69) is 27.5 Å². The first kappa shape index (κ1) is 34.5. The van der Waals surface area contributed by atoms with Crippen molar-refractivity contribution in [2.75, 3.05) is 86.3 Å². The van der Waals surface area contributed by atoms with Crippen molar-refractivity contribution in [1.82, 2.24) is 25.3 Å². The molecule has 2 heterocycles. The largest absolute Gasteiger partial charge is 0.493 e. The predicted octanol–water partition coefficient (Wildman–Crippen LogP) is 1.46. The number of methoxy groups -OCH3 is 1. The molecule has 250 valence electrons. The Morgan fingerprint density at radius 3 is 2.60 bits per heavy atom. The van der Waals surface area contributed by atoms with Gasteiger partial charge in [-0.1, -0.05) is 18.9 Å². The molecule has 1 saturated heterocycles. The molecule has 12 nitrogen and oxygen atoms in total. The summed E-state index contributed by atoms with van der Waals surface area (Å²) in [5.74, 6) is 0.407. The smallest absolute Gasteiger partial charge is 0.314 e. The molecule has 2 aliphatic heterocycles. The van der Waals surface area contributed by atoms with Crippen molar-refractivity contribution in [2.45, 2.75) is 51.9 Å². The molecule has 2 N–H and O–H groups in total. The fraction of sp³-hybridized carbons (Fsp3) is 0.697. The molecule has 4 rings (SSSR count). The number of carbonyl (C=O) groups excluding carboxylic acids is 4. The Kier molecular flexibility index (Phi) is 12.9. The minimum atomic E-state index is -0.954. The van der Waals surface area contributed by atoms with Crippen LogP contribution in [0.25, 0.3) is 0 Å². The van der Waals surface area contributed by atoms with Crippen LogP contribution in [0.2, 0.25) is 0 Å². The third-order valence-corrected chi connectivity index (χ3v) is 8.90. The second kappa shape index (κ2) is 16.8. The van der Waals surface area contributed by atoms with Gasteiger partial charge >= 0.3 is 5.97 Å². The molecule has 3 aliphatic rings. The number of amides is 3. The number of fused-ring (bicyclic) bond motifs is 2. The number of nitrogens with one attached hydrogen (secondary N) is 2. The van der Waals surface area contributed by atoms with Crippen LogP contribution in [0.1, 0.15) is 51.0 Å². The van der Waals surface area contributed by atoms with Gasteiger partial charge in [-0.3, -0.25) is 24.1 Å². The molecule has 0 spiro atoms. The summed E-state index contributed by atoms with van der Waals surface area (Å²) < 4.78 is 17.0. The fourth-order valence-electron chi connectivity index (χ4n) is 6.15. The van der Waals surface area contributed by atoms with Gasteiger partial charge < -0.3 is 34.6 Å². The first-order valence-corrected chi connectivity index (χ1v) is 16.4. The van der Waals surface area contributed by atoms with Gasteiger partial charge in [0, 0.05) is 45.7 Å². The van der Waals surface area contributed by atoms with Crippen molar-refractivity contribution in [3.63, 3.8) is 0 Å². The van der Waals surface area contributed by atoms with Gasteiger partial charge in [-0.25, -0.2) is 0 Å². The molecule has 1 aromatic carbocycles. The van der Waals surface area contributed by atoms with Crippen LogP contribution >= 0.6 is 0 Å². The van der Waals surface area contributed by atoms with Crippen LogP contribution in [0.3, 0.4) is 0 Å². The first-order chi connectivity index (χ1) is 21.7. The number of benzene rings is 1. The molecule has 1 aliphatic carbocycles.